The Kier molecular flexibility index (Phi) is 6.00. The summed E-state index contributed by atoms with van der Waals surface area (Å²) < 4.78 is 25.7. The van der Waals surface area contributed by atoms with Gasteiger partial charge in [-0.15, -0.1) is 0 Å². The molecule has 1 amide bonds. The molecule has 4 aromatic rings. The third-order valence-corrected chi connectivity index (χ3v) is 5.04. The highest BCUT2D eigenvalue weighted by Crippen LogP contribution is 2.41. The molecule has 0 unspecified atom stereocenters. The Morgan fingerprint density at radius 3 is 2.61 bits per heavy atom. The van der Waals surface area contributed by atoms with Crippen LogP contribution in [0.2, 0.25) is 5.02 Å². The van der Waals surface area contributed by atoms with Gasteiger partial charge >= 0.3 is 0 Å². The molecule has 7 heteroatoms. The van der Waals surface area contributed by atoms with Crippen LogP contribution in [-0.4, -0.2) is 11.6 Å². The number of nitrogens with zero attached hydrogens (tertiary/aromatic N) is 2. The Morgan fingerprint density at radius 2 is 1.87 bits per heavy atom. The fourth-order valence-electron chi connectivity index (χ4n) is 3.25. The van der Waals surface area contributed by atoms with Crippen LogP contribution in [0, 0.1) is 12.7 Å². The first kappa shape index (κ1) is 20.6. The van der Waals surface area contributed by atoms with E-state index in [4.69, 9.17) is 20.9 Å². The van der Waals surface area contributed by atoms with Crippen LogP contribution in [0.4, 0.5) is 15.8 Å². The lowest BCUT2D eigenvalue weighted by Crippen LogP contribution is -2.15. The van der Waals surface area contributed by atoms with Crippen molar-refractivity contribution in [3.63, 3.8) is 0 Å². The van der Waals surface area contributed by atoms with Gasteiger partial charge in [-0.2, -0.15) is 0 Å². The van der Waals surface area contributed by atoms with Gasteiger partial charge < -0.3 is 9.26 Å². The predicted octanol–water partition coefficient (Wildman–Crippen LogP) is 6.32. The van der Waals surface area contributed by atoms with Gasteiger partial charge in [0.05, 0.1) is 16.3 Å². The number of carbonyl (C=O) groups is 1. The molecule has 0 atom stereocenters. The Balaban J connectivity index is 1.69. The molecule has 156 valence electrons. The molecule has 31 heavy (non-hydrogen) atoms. The predicted molar refractivity (Wildman–Crippen MR) is 117 cm³/mol. The number of aromatic nitrogens is 1. The van der Waals surface area contributed by atoms with Crippen LogP contribution in [-0.2, 0) is 11.4 Å². The van der Waals surface area contributed by atoms with Crippen molar-refractivity contribution in [2.45, 2.75) is 13.5 Å². The van der Waals surface area contributed by atoms with Crippen molar-refractivity contribution >= 4 is 29.4 Å². The van der Waals surface area contributed by atoms with E-state index in [-0.39, 0.29) is 16.3 Å². The minimum atomic E-state index is -0.562. The summed E-state index contributed by atoms with van der Waals surface area (Å²) in [7, 11) is 0. The second kappa shape index (κ2) is 9.02. The highest BCUT2D eigenvalue weighted by atomic mass is 35.5. The number of aryl methyl sites for hydroxylation is 1. The number of amides is 1. The lowest BCUT2D eigenvalue weighted by molar-refractivity contribution is -0.106. The molecule has 0 N–H and O–H groups in total. The molecule has 0 aliphatic heterocycles. The van der Waals surface area contributed by atoms with Crippen LogP contribution < -0.4 is 9.64 Å². The standard InChI is InChI=1S/C24H18ClFN2O3/c1-16-24(23(27-31-16)22-20(25)11-6-12-21(22)26)28(15-29)18-9-5-10-19(13-18)30-14-17-7-3-2-4-8-17/h2-13,15H,14H2,1H3. The maximum Gasteiger partial charge on any atom is 0.218 e. The summed E-state index contributed by atoms with van der Waals surface area (Å²) in [6.45, 7) is 2.03. The van der Waals surface area contributed by atoms with E-state index in [2.05, 4.69) is 5.16 Å². The summed E-state index contributed by atoms with van der Waals surface area (Å²) in [6.07, 6.45) is 0.619. The van der Waals surface area contributed by atoms with Crippen molar-refractivity contribution in [3.8, 4) is 17.0 Å². The highest BCUT2D eigenvalue weighted by Gasteiger charge is 2.25. The molecule has 5 nitrogen and oxygen atoms in total. The molecule has 0 fully saturated rings. The Morgan fingerprint density at radius 1 is 1.10 bits per heavy atom. The number of anilines is 2. The van der Waals surface area contributed by atoms with Crippen LogP contribution in [0.25, 0.3) is 11.3 Å². The van der Waals surface area contributed by atoms with Gasteiger partial charge in [-0.25, -0.2) is 4.39 Å². The minimum absolute atomic E-state index is 0.0688. The molecule has 1 heterocycles. The third-order valence-electron chi connectivity index (χ3n) is 4.72. The van der Waals surface area contributed by atoms with Crippen molar-refractivity contribution < 1.29 is 18.4 Å². The average Bonchev–Trinajstić information content (AvgIpc) is 3.15. The largest absolute Gasteiger partial charge is 0.489 e. The number of carbonyl (C=O) groups excluding carboxylic acids is 1. The molecule has 0 saturated carbocycles. The van der Waals surface area contributed by atoms with Gasteiger partial charge in [0.15, 0.2) is 5.76 Å². The molecule has 1 aromatic heterocycles. The number of ether oxygens (including phenoxy) is 1. The first-order chi connectivity index (χ1) is 15.1. The minimum Gasteiger partial charge on any atom is -0.489 e. The molecule has 0 saturated heterocycles. The van der Waals surface area contributed by atoms with Crippen LogP contribution in [0.1, 0.15) is 11.3 Å². The first-order valence-electron chi connectivity index (χ1n) is 9.50. The van der Waals surface area contributed by atoms with Crippen molar-refractivity contribution in [1.29, 1.82) is 0 Å². The summed E-state index contributed by atoms with van der Waals surface area (Å²) in [5, 5.41) is 4.14. The second-order valence-corrected chi connectivity index (χ2v) is 7.19. The zero-order chi connectivity index (χ0) is 21.8. The van der Waals surface area contributed by atoms with Gasteiger partial charge in [-0.05, 0) is 36.8 Å². The fourth-order valence-corrected chi connectivity index (χ4v) is 3.50. The third kappa shape index (κ3) is 4.29. The van der Waals surface area contributed by atoms with Gasteiger partial charge in [-0.1, -0.05) is 59.2 Å². The van der Waals surface area contributed by atoms with Crippen molar-refractivity contribution in [2.75, 3.05) is 4.90 Å². The molecular formula is C24H18ClFN2O3. The summed E-state index contributed by atoms with van der Waals surface area (Å²) in [5.74, 6) is 0.359. The molecular weight excluding hydrogens is 419 g/mol. The van der Waals surface area contributed by atoms with Gasteiger partial charge in [0.1, 0.15) is 29.6 Å². The van der Waals surface area contributed by atoms with Crippen molar-refractivity contribution in [1.82, 2.24) is 5.16 Å². The van der Waals surface area contributed by atoms with E-state index in [0.717, 1.165) is 5.56 Å². The van der Waals surface area contributed by atoms with Crippen LogP contribution in [0.15, 0.2) is 77.3 Å². The maximum absolute atomic E-state index is 14.5. The van der Waals surface area contributed by atoms with Gasteiger partial charge in [-0.3, -0.25) is 9.69 Å². The Hall–Kier alpha value is -3.64. The lowest BCUT2D eigenvalue weighted by atomic mass is 10.1. The van der Waals surface area contributed by atoms with Crippen LogP contribution in [0.5, 0.6) is 5.75 Å². The van der Waals surface area contributed by atoms with Gasteiger partial charge in [0, 0.05) is 6.07 Å². The Bertz CT molecular complexity index is 1190. The molecule has 0 aliphatic rings. The Labute approximate surface area is 183 Å². The van der Waals surface area contributed by atoms with E-state index in [1.54, 1.807) is 37.3 Å². The first-order valence-corrected chi connectivity index (χ1v) is 9.88. The van der Waals surface area contributed by atoms with Crippen molar-refractivity contribution in [2.24, 2.45) is 0 Å². The lowest BCUT2D eigenvalue weighted by Gasteiger charge is -2.19. The summed E-state index contributed by atoms with van der Waals surface area (Å²) in [5.41, 5.74) is 2.05. The molecule has 4 rings (SSSR count). The zero-order valence-corrected chi connectivity index (χ0v) is 17.3. The monoisotopic (exact) mass is 436 g/mol. The van der Waals surface area contributed by atoms with Crippen LogP contribution >= 0.6 is 11.6 Å². The number of halogens is 2. The molecule has 0 bridgehead atoms. The summed E-state index contributed by atoms with van der Waals surface area (Å²) in [4.78, 5) is 13.4. The molecule has 0 radical (unpaired) electrons. The van der Waals surface area contributed by atoms with E-state index >= 15 is 0 Å². The van der Waals surface area contributed by atoms with Crippen molar-refractivity contribution in [3.05, 3.63) is 95.0 Å². The SMILES string of the molecule is Cc1onc(-c2c(F)cccc2Cl)c1N(C=O)c1cccc(OCc2ccccc2)c1. The molecule has 0 spiro atoms. The smallest absolute Gasteiger partial charge is 0.218 e. The molecule has 0 aliphatic carbocycles. The zero-order valence-electron chi connectivity index (χ0n) is 16.6. The number of hydrogen-bond donors (Lipinski definition) is 0. The van der Waals surface area contributed by atoms with E-state index in [1.807, 2.05) is 30.3 Å². The normalized spacial score (nSPS) is 10.7. The number of hydrogen-bond acceptors (Lipinski definition) is 4. The number of rotatable bonds is 7. The average molecular weight is 437 g/mol. The van der Waals surface area contributed by atoms with E-state index in [9.17, 15) is 9.18 Å². The fraction of sp³-hybridized carbons (Fsp3) is 0.0833. The van der Waals surface area contributed by atoms with E-state index in [1.165, 1.54) is 17.0 Å². The highest BCUT2D eigenvalue weighted by molar-refractivity contribution is 6.33. The van der Waals surface area contributed by atoms with Gasteiger partial charge in [0.2, 0.25) is 6.41 Å². The number of benzene rings is 3. The molecule has 3 aromatic carbocycles. The van der Waals surface area contributed by atoms with Gasteiger partial charge in [0.25, 0.3) is 0 Å². The summed E-state index contributed by atoms with van der Waals surface area (Å²) >= 11 is 6.22. The summed E-state index contributed by atoms with van der Waals surface area (Å²) in [6, 6.07) is 21.1. The maximum atomic E-state index is 14.5. The van der Waals surface area contributed by atoms with E-state index in [0.29, 0.717) is 35.9 Å². The quantitative estimate of drug-likeness (QED) is 0.318. The topological polar surface area (TPSA) is 55.6 Å². The second-order valence-electron chi connectivity index (χ2n) is 6.78. The van der Waals surface area contributed by atoms with Crippen LogP contribution in [0.3, 0.4) is 0 Å². The van der Waals surface area contributed by atoms with E-state index < -0.39 is 5.82 Å².